The molecule has 2 N–H and O–H groups in total. The van der Waals surface area contributed by atoms with Crippen molar-refractivity contribution >= 4 is 35.1 Å². The summed E-state index contributed by atoms with van der Waals surface area (Å²) >= 11 is 12.5. The van der Waals surface area contributed by atoms with Crippen LogP contribution in [0.5, 0.6) is 5.75 Å². The van der Waals surface area contributed by atoms with Crippen molar-refractivity contribution in [1.82, 2.24) is 0 Å². The van der Waals surface area contributed by atoms with Crippen LogP contribution in [0.25, 0.3) is 0 Å². The first-order valence-corrected chi connectivity index (χ1v) is 17.4. The monoisotopic (exact) mass is 660 g/mol. The van der Waals surface area contributed by atoms with E-state index in [1.807, 2.05) is 13.8 Å². The zero-order valence-corrected chi connectivity index (χ0v) is 29.3. The van der Waals surface area contributed by atoms with Gasteiger partial charge in [0.25, 0.3) is 0 Å². The van der Waals surface area contributed by atoms with E-state index < -0.39 is 24.1 Å². The standard InChI is InChI=1S/C37H50Cl2O6/c1-20(2)9-8-10-26(34(43)45-25-16-23(38)15-24(39)17-25)32-28-18-30(42)33-35(5)13-12-29(41)21(3)27(35)11-14-36(33,6)37(28,7)19-31(32)44-22(4)40/h9,15-17,21,27-31,33,41-42H,8,10-14,18-19H2,1-7H3/b32-26-/t21-,27-,28-,29+,30+,31-,33-,35-,36-,37-/m0/s1. The smallest absolute Gasteiger partial charge is 0.339 e. The number of esters is 2. The van der Waals surface area contributed by atoms with Crippen molar-refractivity contribution in [3.63, 3.8) is 0 Å². The first kappa shape index (κ1) is 34.5. The van der Waals surface area contributed by atoms with Crippen molar-refractivity contribution < 1.29 is 29.3 Å². The zero-order valence-electron chi connectivity index (χ0n) is 27.8. The van der Waals surface area contributed by atoms with Crippen molar-refractivity contribution in [3.8, 4) is 5.75 Å². The maximum atomic E-state index is 14.1. The molecule has 0 saturated heterocycles. The zero-order chi connectivity index (χ0) is 33.1. The van der Waals surface area contributed by atoms with Gasteiger partial charge in [0.05, 0.1) is 12.2 Å². The molecule has 6 nitrogen and oxygen atoms in total. The second-order valence-corrected chi connectivity index (χ2v) is 16.2. The Kier molecular flexibility index (Phi) is 9.68. The van der Waals surface area contributed by atoms with Crippen LogP contribution in [-0.2, 0) is 14.3 Å². The van der Waals surface area contributed by atoms with Gasteiger partial charge in [0.15, 0.2) is 0 Å². The van der Waals surface area contributed by atoms with Gasteiger partial charge in [0.2, 0.25) is 0 Å². The van der Waals surface area contributed by atoms with E-state index in [0.717, 1.165) is 36.8 Å². The van der Waals surface area contributed by atoms with Crippen molar-refractivity contribution in [3.05, 3.63) is 51.0 Å². The number of benzene rings is 1. The average molecular weight is 662 g/mol. The predicted molar refractivity (Wildman–Crippen MR) is 177 cm³/mol. The van der Waals surface area contributed by atoms with Crippen LogP contribution >= 0.6 is 23.2 Å². The summed E-state index contributed by atoms with van der Waals surface area (Å²) in [6, 6.07) is 4.70. The minimum absolute atomic E-state index is 0.0203. The molecule has 4 aliphatic rings. The number of fused-ring (bicyclic) bond motifs is 5. The maximum Gasteiger partial charge on any atom is 0.339 e. The molecule has 8 heteroatoms. The van der Waals surface area contributed by atoms with Crippen LogP contribution in [0.3, 0.4) is 0 Å². The van der Waals surface area contributed by atoms with Crippen molar-refractivity contribution in [2.24, 2.45) is 39.9 Å². The Morgan fingerprint density at radius 1 is 0.978 bits per heavy atom. The number of halogens is 2. The molecule has 1 aromatic carbocycles. The number of rotatable bonds is 6. The number of allylic oxidation sites excluding steroid dienone is 2. The average Bonchev–Trinajstić information content (AvgIpc) is 3.19. The van der Waals surface area contributed by atoms with E-state index in [1.165, 1.54) is 6.92 Å². The van der Waals surface area contributed by atoms with Gasteiger partial charge in [-0.2, -0.15) is 0 Å². The summed E-state index contributed by atoms with van der Waals surface area (Å²) in [6.45, 7) is 14.6. The Labute approximate surface area is 278 Å². The molecule has 248 valence electrons. The van der Waals surface area contributed by atoms with Crippen molar-refractivity contribution in [1.29, 1.82) is 0 Å². The van der Waals surface area contributed by atoms with Crippen LogP contribution in [0.1, 0.15) is 99.8 Å². The summed E-state index contributed by atoms with van der Waals surface area (Å²) in [7, 11) is 0. The molecule has 0 amide bonds. The Morgan fingerprint density at radius 3 is 2.27 bits per heavy atom. The molecule has 4 fully saturated rings. The van der Waals surface area contributed by atoms with E-state index in [1.54, 1.807) is 18.2 Å². The fraction of sp³-hybridized carbons (Fsp3) is 0.676. The lowest BCUT2D eigenvalue weighted by atomic mass is 9.36. The fourth-order valence-electron chi connectivity index (χ4n) is 10.5. The van der Waals surface area contributed by atoms with Gasteiger partial charge in [-0.3, -0.25) is 4.79 Å². The molecule has 0 unspecified atom stereocenters. The van der Waals surface area contributed by atoms with Crippen LogP contribution in [-0.4, -0.2) is 40.5 Å². The molecular weight excluding hydrogens is 611 g/mol. The lowest BCUT2D eigenvalue weighted by Crippen LogP contribution is -2.65. The van der Waals surface area contributed by atoms with Crippen LogP contribution in [0.15, 0.2) is 41.0 Å². The topological polar surface area (TPSA) is 93.1 Å². The van der Waals surface area contributed by atoms with E-state index in [4.69, 9.17) is 32.7 Å². The van der Waals surface area contributed by atoms with Gasteiger partial charge in [-0.05, 0) is 129 Å². The summed E-state index contributed by atoms with van der Waals surface area (Å²) < 4.78 is 12.0. The third kappa shape index (κ3) is 6.03. The normalized spacial score (nSPS) is 40.0. The SMILES string of the molecule is CC(=O)O[C@H]1C[C@@]2(C)[C@@H](C[C@@H](O)[C@H]3[C@@]4(C)CC[C@@H](O)[C@@H](C)[C@@H]4CC[C@@]32C)/C1=C(\CCC=C(C)C)C(=O)Oc1cc(Cl)cc(Cl)c1. The number of aliphatic hydroxyl groups is 2. The van der Waals surface area contributed by atoms with E-state index in [0.29, 0.717) is 47.2 Å². The third-order valence-electron chi connectivity index (χ3n) is 12.6. The summed E-state index contributed by atoms with van der Waals surface area (Å²) in [6.07, 6.45) is 6.14. The van der Waals surface area contributed by atoms with Gasteiger partial charge >= 0.3 is 11.9 Å². The van der Waals surface area contributed by atoms with Crippen LogP contribution < -0.4 is 4.74 Å². The summed E-state index contributed by atoms with van der Waals surface area (Å²) in [5.74, 6) is -0.317. The second-order valence-electron chi connectivity index (χ2n) is 15.3. The Balaban J connectivity index is 1.62. The summed E-state index contributed by atoms with van der Waals surface area (Å²) in [5, 5.41) is 23.7. The van der Waals surface area contributed by atoms with Crippen molar-refractivity contribution in [2.75, 3.05) is 0 Å². The van der Waals surface area contributed by atoms with Gasteiger partial charge in [-0.15, -0.1) is 0 Å². The predicted octanol–water partition coefficient (Wildman–Crippen LogP) is 8.49. The van der Waals surface area contributed by atoms with Gasteiger partial charge < -0.3 is 19.7 Å². The minimum atomic E-state index is -0.602. The molecule has 10 atom stereocenters. The second kappa shape index (κ2) is 12.6. The summed E-state index contributed by atoms with van der Waals surface area (Å²) in [4.78, 5) is 26.7. The number of ether oxygens (including phenoxy) is 2. The van der Waals surface area contributed by atoms with Crippen LogP contribution in [0.4, 0.5) is 0 Å². The highest BCUT2D eigenvalue weighted by Crippen LogP contribution is 2.74. The third-order valence-corrected chi connectivity index (χ3v) is 13.0. The van der Waals surface area contributed by atoms with Crippen LogP contribution in [0.2, 0.25) is 10.0 Å². The molecular formula is C37H50Cl2O6. The van der Waals surface area contributed by atoms with E-state index in [2.05, 4.69) is 33.8 Å². The molecule has 0 radical (unpaired) electrons. The molecule has 4 aliphatic carbocycles. The first-order chi connectivity index (χ1) is 21.0. The Morgan fingerprint density at radius 2 is 1.64 bits per heavy atom. The molecule has 0 bridgehead atoms. The van der Waals surface area contributed by atoms with Crippen LogP contribution in [0, 0.1) is 39.9 Å². The lowest BCUT2D eigenvalue weighted by molar-refractivity contribution is -0.234. The van der Waals surface area contributed by atoms with E-state index in [-0.39, 0.29) is 45.9 Å². The molecule has 0 aliphatic heterocycles. The number of aliphatic hydroxyl groups excluding tert-OH is 2. The fourth-order valence-corrected chi connectivity index (χ4v) is 11.0. The Hall–Kier alpha value is -1.86. The molecule has 4 saturated carbocycles. The van der Waals surface area contributed by atoms with Gasteiger partial charge in [-0.25, -0.2) is 4.79 Å². The lowest BCUT2D eigenvalue weighted by Gasteiger charge is -2.69. The minimum Gasteiger partial charge on any atom is -0.458 e. The molecule has 0 heterocycles. The first-order valence-electron chi connectivity index (χ1n) is 16.6. The summed E-state index contributed by atoms with van der Waals surface area (Å²) in [5.41, 5.74) is 1.67. The number of carbonyl (C=O) groups is 2. The highest BCUT2D eigenvalue weighted by Gasteiger charge is 2.70. The molecule has 1 aromatic rings. The number of hydrogen-bond acceptors (Lipinski definition) is 6. The molecule has 0 spiro atoms. The Bertz CT molecular complexity index is 1380. The maximum absolute atomic E-state index is 14.1. The van der Waals surface area contributed by atoms with Crippen molar-refractivity contribution in [2.45, 2.75) is 118 Å². The molecule has 45 heavy (non-hydrogen) atoms. The highest BCUT2D eigenvalue weighted by atomic mass is 35.5. The van der Waals surface area contributed by atoms with Gasteiger partial charge in [0.1, 0.15) is 11.9 Å². The molecule has 5 rings (SSSR count). The van der Waals surface area contributed by atoms with Gasteiger partial charge in [-0.1, -0.05) is 62.5 Å². The molecule has 0 aromatic heterocycles. The number of carbonyl (C=O) groups excluding carboxylic acids is 2. The quantitative estimate of drug-likeness (QED) is 0.138. The van der Waals surface area contributed by atoms with Gasteiger partial charge in [0, 0.05) is 22.5 Å². The largest absolute Gasteiger partial charge is 0.458 e. The number of hydrogen-bond donors (Lipinski definition) is 2. The highest BCUT2D eigenvalue weighted by molar-refractivity contribution is 6.34. The van der Waals surface area contributed by atoms with E-state index >= 15 is 0 Å². The van der Waals surface area contributed by atoms with E-state index in [9.17, 15) is 19.8 Å².